The minimum atomic E-state index is -0.568. The molecule has 1 N–H and O–H groups in total. The summed E-state index contributed by atoms with van der Waals surface area (Å²) in [5, 5.41) is 15.7. The molecule has 1 atom stereocenters. The minimum Gasteiger partial charge on any atom is -0.388 e. The molecular weight excluding hydrogens is 284 g/mol. The van der Waals surface area contributed by atoms with Crippen LogP contribution in [0.5, 0.6) is 0 Å². The highest BCUT2D eigenvalue weighted by Gasteiger charge is 2.19. The maximum atomic E-state index is 10.6. The first-order chi connectivity index (χ1) is 9.85. The van der Waals surface area contributed by atoms with E-state index in [-0.39, 0.29) is 0 Å². The van der Waals surface area contributed by atoms with Crippen molar-refractivity contribution in [2.75, 3.05) is 0 Å². The van der Waals surface area contributed by atoms with Crippen molar-refractivity contribution in [1.29, 1.82) is 0 Å². The van der Waals surface area contributed by atoms with Gasteiger partial charge in [-0.25, -0.2) is 0 Å². The minimum absolute atomic E-state index is 0.478. The smallest absolute Gasteiger partial charge is 0.0850 e. The fraction of sp³-hybridized carbons (Fsp3) is 0.471. The van der Waals surface area contributed by atoms with Gasteiger partial charge in [-0.3, -0.25) is 4.68 Å². The molecule has 3 nitrogen and oxygen atoms in total. The molecule has 21 heavy (non-hydrogen) atoms. The van der Waals surface area contributed by atoms with Crippen LogP contribution in [0.2, 0.25) is 5.02 Å². The molecule has 0 spiro atoms. The van der Waals surface area contributed by atoms with E-state index >= 15 is 0 Å². The highest BCUT2D eigenvalue weighted by molar-refractivity contribution is 6.31. The quantitative estimate of drug-likeness (QED) is 0.932. The van der Waals surface area contributed by atoms with Gasteiger partial charge < -0.3 is 5.11 Å². The third kappa shape index (κ3) is 3.14. The first kappa shape index (κ1) is 16.1. The number of aromatic nitrogens is 2. The molecule has 1 unspecified atom stereocenters. The maximum Gasteiger partial charge on any atom is 0.0850 e. The van der Waals surface area contributed by atoms with E-state index in [1.54, 1.807) is 4.68 Å². The molecule has 0 aliphatic carbocycles. The summed E-state index contributed by atoms with van der Waals surface area (Å²) in [5.74, 6) is 0. The Balaban J connectivity index is 2.32. The lowest BCUT2D eigenvalue weighted by Gasteiger charge is -2.16. The van der Waals surface area contributed by atoms with Crippen LogP contribution in [0.15, 0.2) is 12.1 Å². The number of halogens is 1. The van der Waals surface area contributed by atoms with E-state index in [1.165, 1.54) is 11.1 Å². The predicted molar refractivity (Wildman–Crippen MR) is 86.9 cm³/mol. The van der Waals surface area contributed by atoms with E-state index in [4.69, 9.17) is 11.6 Å². The summed E-state index contributed by atoms with van der Waals surface area (Å²) in [5.41, 5.74) is 6.29. The van der Waals surface area contributed by atoms with Crippen LogP contribution in [0, 0.1) is 20.8 Å². The van der Waals surface area contributed by atoms with Crippen LogP contribution in [0.1, 0.15) is 46.7 Å². The van der Waals surface area contributed by atoms with Gasteiger partial charge in [-0.1, -0.05) is 30.7 Å². The van der Waals surface area contributed by atoms with Crippen molar-refractivity contribution in [3.8, 4) is 0 Å². The number of aliphatic hydroxyl groups is 1. The first-order valence-electron chi connectivity index (χ1n) is 7.31. The zero-order valence-corrected chi connectivity index (χ0v) is 14.1. The van der Waals surface area contributed by atoms with Gasteiger partial charge in [0.05, 0.1) is 22.5 Å². The second-order valence-electron chi connectivity index (χ2n) is 5.70. The second kappa shape index (κ2) is 6.20. The van der Waals surface area contributed by atoms with E-state index in [0.717, 1.165) is 28.9 Å². The molecule has 0 saturated carbocycles. The third-order valence-corrected chi connectivity index (χ3v) is 4.57. The van der Waals surface area contributed by atoms with Crippen molar-refractivity contribution in [2.24, 2.45) is 7.05 Å². The Morgan fingerprint density at radius 1 is 1.19 bits per heavy atom. The summed E-state index contributed by atoms with van der Waals surface area (Å²) < 4.78 is 1.78. The number of rotatable bonds is 4. The maximum absolute atomic E-state index is 10.6. The monoisotopic (exact) mass is 306 g/mol. The molecule has 1 aromatic carbocycles. The van der Waals surface area contributed by atoms with Crippen molar-refractivity contribution in [2.45, 2.75) is 46.6 Å². The number of benzene rings is 1. The van der Waals surface area contributed by atoms with Crippen molar-refractivity contribution in [1.82, 2.24) is 9.78 Å². The SMILES string of the molecule is CCc1nn(C)c(CC(O)c2cc(C)c(C)cc2C)c1Cl. The predicted octanol–water partition coefficient (Wildman–Crippen LogP) is 3.84. The summed E-state index contributed by atoms with van der Waals surface area (Å²) >= 11 is 6.36. The van der Waals surface area contributed by atoms with Gasteiger partial charge in [-0.15, -0.1) is 0 Å². The molecule has 114 valence electrons. The third-order valence-electron chi connectivity index (χ3n) is 4.13. The summed E-state index contributed by atoms with van der Waals surface area (Å²) in [4.78, 5) is 0. The lowest BCUT2D eigenvalue weighted by molar-refractivity contribution is 0.175. The molecule has 0 aliphatic rings. The summed E-state index contributed by atoms with van der Waals surface area (Å²) in [7, 11) is 1.88. The van der Waals surface area contributed by atoms with Crippen molar-refractivity contribution < 1.29 is 5.11 Å². The van der Waals surface area contributed by atoms with Crippen LogP contribution >= 0.6 is 11.6 Å². The number of nitrogens with zero attached hydrogens (tertiary/aromatic N) is 2. The number of aliphatic hydroxyl groups excluding tert-OH is 1. The lowest BCUT2D eigenvalue weighted by atomic mass is 9.95. The Labute approximate surface area is 131 Å². The van der Waals surface area contributed by atoms with Gasteiger partial charge in [0.15, 0.2) is 0 Å². The zero-order valence-electron chi connectivity index (χ0n) is 13.4. The molecule has 2 rings (SSSR count). The van der Waals surface area contributed by atoms with Crippen molar-refractivity contribution in [3.63, 3.8) is 0 Å². The van der Waals surface area contributed by atoms with Crippen LogP contribution in [0.3, 0.4) is 0 Å². The first-order valence-corrected chi connectivity index (χ1v) is 7.69. The van der Waals surface area contributed by atoms with Gasteiger partial charge in [0.2, 0.25) is 0 Å². The second-order valence-corrected chi connectivity index (χ2v) is 6.08. The molecule has 1 aromatic heterocycles. The van der Waals surface area contributed by atoms with Gasteiger partial charge in [0, 0.05) is 13.5 Å². The zero-order chi connectivity index (χ0) is 15.7. The number of hydrogen-bond acceptors (Lipinski definition) is 2. The van der Waals surface area contributed by atoms with Crippen molar-refractivity contribution in [3.05, 3.63) is 50.8 Å². The molecule has 0 aliphatic heterocycles. The molecule has 0 saturated heterocycles. The molecule has 1 heterocycles. The highest BCUT2D eigenvalue weighted by Crippen LogP contribution is 2.28. The standard InChI is InChI=1S/C17H23ClN2O/c1-6-14-17(18)15(20(5)19-14)9-16(21)13-8-11(3)10(2)7-12(13)4/h7-8,16,21H,6,9H2,1-5H3. The van der Waals surface area contributed by atoms with Crippen LogP contribution in [-0.2, 0) is 19.9 Å². The largest absolute Gasteiger partial charge is 0.388 e. The Bertz CT molecular complexity index is 661. The fourth-order valence-electron chi connectivity index (χ4n) is 2.68. The van der Waals surface area contributed by atoms with E-state index in [9.17, 15) is 5.11 Å². The molecule has 0 amide bonds. The molecule has 0 bridgehead atoms. The van der Waals surface area contributed by atoms with Gasteiger partial charge >= 0.3 is 0 Å². The van der Waals surface area contributed by atoms with E-state index in [2.05, 4.69) is 31.1 Å². The van der Waals surface area contributed by atoms with Crippen LogP contribution in [0.25, 0.3) is 0 Å². The Hall–Kier alpha value is -1.32. The molecular formula is C17H23ClN2O. The Morgan fingerprint density at radius 2 is 1.81 bits per heavy atom. The average Bonchev–Trinajstić information content (AvgIpc) is 2.70. The average molecular weight is 307 g/mol. The molecule has 4 heteroatoms. The summed E-state index contributed by atoms with van der Waals surface area (Å²) in [6.07, 6.45) is 0.707. The van der Waals surface area contributed by atoms with Crippen LogP contribution in [0.4, 0.5) is 0 Å². The van der Waals surface area contributed by atoms with Crippen LogP contribution < -0.4 is 0 Å². The topological polar surface area (TPSA) is 38.0 Å². The fourth-order valence-corrected chi connectivity index (χ4v) is 3.05. The lowest BCUT2D eigenvalue weighted by Crippen LogP contribution is -2.09. The van der Waals surface area contributed by atoms with Gasteiger partial charge in [-0.2, -0.15) is 5.10 Å². The van der Waals surface area contributed by atoms with E-state index in [1.807, 2.05) is 20.9 Å². The van der Waals surface area contributed by atoms with Gasteiger partial charge in [-0.05, 0) is 49.4 Å². The Kier molecular flexibility index (Phi) is 4.74. The number of hydrogen-bond donors (Lipinski definition) is 1. The van der Waals surface area contributed by atoms with Crippen LogP contribution in [-0.4, -0.2) is 14.9 Å². The van der Waals surface area contributed by atoms with E-state index in [0.29, 0.717) is 11.4 Å². The van der Waals surface area contributed by atoms with Gasteiger partial charge in [0.25, 0.3) is 0 Å². The molecule has 0 radical (unpaired) electrons. The summed E-state index contributed by atoms with van der Waals surface area (Å²) in [6.45, 7) is 8.22. The normalized spacial score (nSPS) is 12.7. The van der Waals surface area contributed by atoms with Gasteiger partial charge in [0.1, 0.15) is 0 Å². The summed E-state index contributed by atoms with van der Waals surface area (Å²) in [6, 6.07) is 4.19. The molecule has 0 fully saturated rings. The number of aryl methyl sites for hydroxylation is 5. The van der Waals surface area contributed by atoms with E-state index < -0.39 is 6.10 Å². The Morgan fingerprint density at radius 3 is 2.38 bits per heavy atom. The molecule has 2 aromatic rings. The highest BCUT2D eigenvalue weighted by atomic mass is 35.5. The van der Waals surface area contributed by atoms with Crippen molar-refractivity contribution >= 4 is 11.6 Å².